The van der Waals surface area contributed by atoms with Gasteiger partial charge in [0.1, 0.15) is 5.69 Å². The molecule has 0 spiro atoms. The first-order chi connectivity index (χ1) is 7.84. The Labute approximate surface area is 91.9 Å². The number of H-pyrrole nitrogens is 1. The van der Waals surface area contributed by atoms with Crippen molar-refractivity contribution in [2.45, 2.75) is 6.04 Å². The summed E-state index contributed by atoms with van der Waals surface area (Å²) in [5.41, 5.74) is 0.541. The molecule has 6 heteroatoms. The molecule has 82 valence electrons. The number of imidazole rings is 1. The number of aromatic amines is 1. The monoisotopic (exact) mass is 217 g/mol. The number of nitrogens with one attached hydrogen (secondary N) is 1. The number of hydrogen-bond donors (Lipinski definition) is 1. The van der Waals surface area contributed by atoms with Crippen LogP contribution < -0.4 is 0 Å². The largest absolute Gasteiger partial charge is 0.341 e. The van der Waals surface area contributed by atoms with Crippen LogP contribution in [0.5, 0.6) is 0 Å². The fourth-order valence-corrected chi connectivity index (χ4v) is 1.83. The van der Waals surface area contributed by atoms with Crippen molar-refractivity contribution in [3.8, 4) is 0 Å². The minimum Gasteiger partial charge on any atom is -0.341 e. The summed E-state index contributed by atoms with van der Waals surface area (Å²) in [6, 6.07) is 2.20. The molecule has 3 rings (SSSR count). The van der Waals surface area contributed by atoms with E-state index in [0.717, 1.165) is 0 Å². The van der Waals surface area contributed by atoms with Crippen molar-refractivity contribution in [3.63, 3.8) is 0 Å². The number of likely N-dealkylation sites (tertiary alicyclic amines) is 1. The van der Waals surface area contributed by atoms with E-state index in [1.54, 1.807) is 17.3 Å². The summed E-state index contributed by atoms with van der Waals surface area (Å²) in [6.07, 6.45) is 6.73. The maximum absolute atomic E-state index is 11.8. The SMILES string of the molecule is O=C(c1cnc[nH]1)N1CC(n2cccn2)C1. The van der Waals surface area contributed by atoms with Crippen LogP contribution in [-0.4, -0.2) is 43.6 Å². The molecule has 2 aromatic heterocycles. The van der Waals surface area contributed by atoms with Gasteiger partial charge in [-0.2, -0.15) is 5.10 Å². The Kier molecular flexibility index (Phi) is 1.99. The highest BCUT2D eigenvalue weighted by Gasteiger charge is 2.33. The smallest absolute Gasteiger partial charge is 0.272 e. The van der Waals surface area contributed by atoms with Gasteiger partial charge in [0.15, 0.2) is 0 Å². The topological polar surface area (TPSA) is 66.8 Å². The van der Waals surface area contributed by atoms with Crippen molar-refractivity contribution in [3.05, 3.63) is 36.7 Å². The fourth-order valence-electron chi connectivity index (χ4n) is 1.83. The van der Waals surface area contributed by atoms with E-state index in [1.165, 1.54) is 6.33 Å². The molecule has 1 aliphatic heterocycles. The Balaban J connectivity index is 1.64. The Bertz CT molecular complexity index is 469. The molecular weight excluding hydrogens is 206 g/mol. The van der Waals surface area contributed by atoms with E-state index in [9.17, 15) is 4.79 Å². The average molecular weight is 217 g/mol. The van der Waals surface area contributed by atoms with Gasteiger partial charge in [0.25, 0.3) is 5.91 Å². The zero-order valence-corrected chi connectivity index (χ0v) is 8.58. The van der Waals surface area contributed by atoms with Crippen molar-refractivity contribution >= 4 is 5.91 Å². The number of amides is 1. The molecule has 0 atom stereocenters. The highest BCUT2D eigenvalue weighted by atomic mass is 16.2. The first-order valence-electron chi connectivity index (χ1n) is 5.11. The van der Waals surface area contributed by atoms with E-state index < -0.39 is 0 Å². The van der Waals surface area contributed by atoms with Crippen LogP contribution in [0.2, 0.25) is 0 Å². The zero-order valence-electron chi connectivity index (χ0n) is 8.58. The Morgan fingerprint density at radius 1 is 1.50 bits per heavy atom. The number of rotatable bonds is 2. The van der Waals surface area contributed by atoms with Crippen molar-refractivity contribution in [2.75, 3.05) is 13.1 Å². The van der Waals surface area contributed by atoms with Crippen molar-refractivity contribution in [2.24, 2.45) is 0 Å². The number of hydrogen-bond acceptors (Lipinski definition) is 3. The summed E-state index contributed by atoms with van der Waals surface area (Å²) in [6.45, 7) is 1.42. The molecule has 0 aliphatic carbocycles. The van der Waals surface area contributed by atoms with Crippen molar-refractivity contribution in [1.82, 2.24) is 24.6 Å². The third-order valence-corrected chi connectivity index (χ3v) is 2.78. The molecule has 1 aliphatic rings. The maximum atomic E-state index is 11.8. The number of aromatic nitrogens is 4. The van der Waals surface area contributed by atoms with E-state index in [0.29, 0.717) is 24.8 Å². The van der Waals surface area contributed by atoms with Gasteiger partial charge in [-0.25, -0.2) is 4.98 Å². The van der Waals surface area contributed by atoms with Gasteiger partial charge in [-0.3, -0.25) is 9.48 Å². The molecule has 0 radical (unpaired) electrons. The summed E-state index contributed by atoms with van der Waals surface area (Å²) < 4.78 is 1.89. The van der Waals surface area contributed by atoms with E-state index in [-0.39, 0.29) is 5.91 Å². The standard InChI is InChI=1S/C10H11N5O/c16-10(9-4-11-7-12-9)14-5-8(6-14)15-3-1-2-13-15/h1-4,7-8H,5-6H2,(H,11,12). The molecule has 0 bridgehead atoms. The lowest BCUT2D eigenvalue weighted by Gasteiger charge is -2.38. The minimum atomic E-state index is 0.000839. The van der Waals surface area contributed by atoms with Crippen molar-refractivity contribution < 1.29 is 4.79 Å². The second kappa shape index (κ2) is 3.48. The van der Waals surface area contributed by atoms with Gasteiger partial charge < -0.3 is 9.88 Å². The third-order valence-electron chi connectivity index (χ3n) is 2.78. The number of nitrogens with zero attached hydrogens (tertiary/aromatic N) is 4. The van der Waals surface area contributed by atoms with E-state index in [2.05, 4.69) is 15.1 Å². The predicted molar refractivity (Wildman–Crippen MR) is 55.8 cm³/mol. The van der Waals surface area contributed by atoms with Crippen LogP contribution in [0.1, 0.15) is 16.5 Å². The Morgan fingerprint density at radius 2 is 2.38 bits per heavy atom. The minimum absolute atomic E-state index is 0.000839. The summed E-state index contributed by atoms with van der Waals surface area (Å²) in [7, 11) is 0. The fraction of sp³-hybridized carbons (Fsp3) is 0.300. The lowest BCUT2D eigenvalue weighted by atomic mass is 10.1. The van der Waals surface area contributed by atoms with Gasteiger partial charge in [0.05, 0.1) is 18.6 Å². The van der Waals surface area contributed by atoms with Gasteiger partial charge in [-0.15, -0.1) is 0 Å². The average Bonchev–Trinajstić information content (AvgIpc) is 2.88. The number of carbonyl (C=O) groups is 1. The van der Waals surface area contributed by atoms with Crippen LogP contribution >= 0.6 is 0 Å². The normalized spacial score (nSPS) is 16.1. The quantitative estimate of drug-likeness (QED) is 0.786. The molecule has 3 heterocycles. The van der Waals surface area contributed by atoms with Gasteiger partial charge in [-0.05, 0) is 6.07 Å². The van der Waals surface area contributed by atoms with Gasteiger partial charge in [0.2, 0.25) is 0 Å². The molecular formula is C10H11N5O. The lowest BCUT2D eigenvalue weighted by Crippen LogP contribution is -2.50. The molecule has 6 nitrogen and oxygen atoms in total. The highest BCUT2D eigenvalue weighted by molar-refractivity contribution is 5.92. The van der Waals surface area contributed by atoms with Gasteiger partial charge in [0, 0.05) is 25.5 Å². The summed E-state index contributed by atoms with van der Waals surface area (Å²) >= 11 is 0. The summed E-state index contributed by atoms with van der Waals surface area (Å²) in [5.74, 6) is 0.000839. The van der Waals surface area contributed by atoms with E-state index in [1.807, 2.05) is 16.9 Å². The van der Waals surface area contributed by atoms with E-state index >= 15 is 0 Å². The zero-order chi connectivity index (χ0) is 11.0. The first-order valence-corrected chi connectivity index (χ1v) is 5.11. The predicted octanol–water partition coefficient (Wildman–Crippen LogP) is 0.303. The van der Waals surface area contributed by atoms with Crippen LogP contribution in [0.4, 0.5) is 0 Å². The van der Waals surface area contributed by atoms with Crippen LogP contribution in [0.25, 0.3) is 0 Å². The molecule has 1 amide bonds. The Hall–Kier alpha value is -2.11. The highest BCUT2D eigenvalue weighted by Crippen LogP contribution is 2.21. The van der Waals surface area contributed by atoms with E-state index in [4.69, 9.17) is 0 Å². The first kappa shape index (κ1) is 9.14. The summed E-state index contributed by atoms with van der Waals surface area (Å²) in [5, 5.41) is 4.15. The van der Waals surface area contributed by atoms with Crippen LogP contribution in [0.3, 0.4) is 0 Å². The summed E-state index contributed by atoms with van der Waals surface area (Å²) in [4.78, 5) is 20.2. The van der Waals surface area contributed by atoms with Crippen LogP contribution in [-0.2, 0) is 0 Å². The molecule has 1 saturated heterocycles. The van der Waals surface area contributed by atoms with Crippen LogP contribution in [0, 0.1) is 0 Å². The molecule has 2 aromatic rings. The van der Waals surface area contributed by atoms with Crippen LogP contribution in [0.15, 0.2) is 31.0 Å². The second-order valence-electron chi connectivity index (χ2n) is 3.82. The van der Waals surface area contributed by atoms with Gasteiger partial charge >= 0.3 is 0 Å². The maximum Gasteiger partial charge on any atom is 0.272 e. The molecule has 0 saturated carbocycles. The second-order valence-corrected chi connectivity index (χ2v) is 3.82. The lowest BCUT2D eigenvalue weighted by molar-refractivity contribution is 0.0496. The molecule has 1 fully saturated rings. The number of carbonyl (C=O) groups excluding carboxylic acids is 1. The molecule has 16 heavy (non-hydrogen) atoms. The Morgan fingerprint density at radius 3 is 3.00 bits per heavy atom. The third kappa shape index (κ3) is 1.39. The molecule has 1 N–H and O–H groups in total. The van der Waals surface area contributed by atoms with Gasteiger partial charge in [-0.1, -0.05) is 0 Å². The molecule has 0 aromatic carbocycles. The molecule has 0 unspecified atom stereocenters. The van der Waals surface area contributed by atoms with Crippen molar-refractivity contribution in [1.29, 1.82) is 0 Å².